The highest BCUT2D eigenvalue weighted by Crippen LogP contribution is 2.48. The molecule has 1 atom stereocenters. The van der Waals surface area contributed by atoms with E-state index < -0.39 is 0 Å². The van der Waals surface area contributed by atoms with Crippen molar-refractivity contribution in [1.82, 2.24) is 0 Å². The second kappa shape index (κ2) is 7.51. The number of carbonyl (C=O) groups is 2. The van der Waals surface area contributed by atoms with Crippen LogP contribution in [0.1, 0.15) is 59.3 Å². The molecular weight excluding hydrogens is 244 g/mol. The third-order valence-electron chi connectivity index (χ3n) is 4.29. The van der Waals surface area contributed by atoms with E-state index in [0.717, 1.165) is 32.1 Å². The zero-order valence-corrected chi connectivity index (χ0v) is 12.4. The second-order valence-electron chi connectivity index (χ2n) is 5.24. The number of rotatable bonds is 7. The molecule has 1 fully saturated rings. The highest BCUT2D eigenvalue weighted by molar-refractivity contribution is 5.80. The van der Waals surface area contributed by atoms with Crippen molar-refractivity contribution < 1.29 is 19.1 Å². The van der Waals surface area contributed by atoms with Crippen LogP contribution in [0.4, 0.5) is 0 Å². The Kier molecular flexibility index (Phi) is 6.32. The molecule has 0 saturated heterocycles. The van der Waals surface area contributed by atoms with E-state index in [9.17, 15) is 9.59 Å². The topological polar surface area (TPSA) is 52.6 Å². The van der Waals surface area contributed by atoms with Gasteiger partial charge >= 0.3 is 11.9 Å². The Morgan fingerprint density at radius 3 is 2.11 bits per heavy atom. The van der Waals surface area contributed by atoms with Gasteiger partial charge in [-0.15, -0.1) is 0 Å². The van der Waals surface area contributed by atoms with Gasteiger partial charge in [0, 0.05) is 0 Å². The first-order chi connectivity index (χ1) is 9.09. The summed E-state index contributed by atoms with van der Waals surface area (Å²) in [6.45, 7) is 6.39. The van der Waals surface area contributed by atoms with Crippen LogP contribution in [0.25, 0.3) is 0 Å². The summed E-state index contributed by atoms with van der Waals surface area (Å²) in [6.07, 6.45) is 5.34. The minimum Gasteiger partial charge on any atom is -0.466 e. The molecule has 0 radical (unpaired) electrons. The lowest BCUT2D eigenvalue weighted by molar-refractivity contribution is -0.160. The standard InChI is InChI=1S/C15H26O4/c1-4-15(9-7-8-10-15)12(14(17)19-6-3)11-13(16)18-5-2/h12H,4-11H2,1-3H3. The van der Waals surface area contributed by atoms with E-state index in [-0.39, 0.29) is 29.7 Å². The third-order valence-corrected chi connectivity index (χ3v) is 4.29. The van der Waals surface area contributed by atoms with Crippen LogP contribution in [0.15, 0.2) is 0 Å². The van der Waals surface area contributed by atoms with Gasteiger partial charge in [-0.1, -0.05) is 19.8 Å². The number of ether oxygens (including phenoxy) is 2. The molecule has 0 heterocycles. The molecule has 1 aliphatic carbocycles. The van der Waals surface area contributed by atoms with Crippen LogP contribution >= 0.6 is 0 Å². The molecule has 0 aromatic carbocycles. The summed E-state index contributed by atoms with van der Waals surface area (Å²) in [5.74, 6) is -0.876. The summed E-state index contributed by atoms with van der Waals surface area (Å²) in [6, 6.07) is 0. The first-order valence-electron chi connectivity index (χ1n) is 7.41. The van der Waals surface area contributed by atoms with Crippen molar-refractivity contribution in [2.45, 2.75) is 59.3 Å². The highest BCUT2D eigenvalue weighted by Gasteiger charge is 2.45. The summed E-state index contributed by atoms with van der Waals surface area (Å²) in [5, 5.41) is 0. The zero-order chi connectivity index (χ0) is 14.3. The van der Waals surface area contributed by atoms with Crippen LogP contribution in [0.5, 0.6) is 0 Å². The SMILES string of the molecule is CCOC(=O)CC(C(=O)OCC)C1(CC)CCCC1. The van der Waals surface area contributed by atoms with Gasteiger partial charge in [0.15, 0.2) is 0 Å². The Hall–Kier alpha value is -1.06. The summed E-state index contributed by atoms with van der Waals surface area (Å²) in [7, 11) is 0. The maximum atomic E-state index is 12.2. The molecule has 0 bridgehead atoms. The Bertz CT molecular complexity index is 305. The van der Waals surface area contributed by atoms with Gasteiger partial charge in [0.05, 0.1) is 25.6 Å². The number of hydrogen-bond acceptors (Lipinski definition) is 4. The third kappa shape index (κ3) is 3.95. The van der Waals surface area contributed by atoms with Crippen molar-refractivity contribution >= 4 is 11.9 Å². The van der Waals surface area contributed by atoms with Crippen LogP contribution < -0.4 is 0 Å². The van der Waals surface area contributed by atoms with Gasteiger partial charge < -0.3 is 9.47 Å². The molecule has 1 unspecified atom stereocenters. The van der Waals surface area contributed by atoms with Gasteiger partial charge in [0.25, 0.3) is 0 Å². The molecule has 0 spiro atoms. The molecule has 19 heavy (non-hydrogen) atoms. The van der Waals surface area contributed by atoms with Crippen LogP contribution in [-0.4, -0.2) is 25.2 Å². The fourth-order valence-electron chi connectivity index (χ4n) is 3.21. The van der Waals surface area contributed by atoms with Crippen LogP contribution in [-0.2, 0) is 19.1 Å². The normalized spacial score (nSPS) is 18.9. The van der Waals surface area contributed by atoms with Crippen molar-refractivity contribution in [1.29, 1.82) is 0 Å². The molecule has 4 nitrogen and oxygen atoms in total. The first kappa shape index (κ1) is 16.0. The van der Waals surface area contributed by atoms with Crippen molar-refractivity contribution in [2.24, 2.45) is 11.3 Å². The average Bonchev–Trinajstić information content (AvgIpc) is 2.86. The Morgan fingerprint density at radius 2 is 1.63 bits per heavy atom. The van der Waals surface area contributed by atoms with Crippen molar-refractivity contribution in [2.75, 3.05) is 13.2 Å². The predicted octanol–water partition coefficient (Wildman–Crippen LogP) is 3.09. The maximum Gasteiger partial charge on any atom is 0.310 e. The average molecular weight is 270 g/mol. The van der Waals surface area contributed by atoms with Gasteiger partial charge in [-0.3, -0.25) is 9.59 Å². The van der Waals surface area contributed by atoms with Gasteiger partial charge in [0.1, 0.15) is 0 Å². The van der Waals surface area contributed by atoms with Gasteiger partial charge in [0.2, 0.25) is 0 Å². The monoisotopic (exact) mass is 270 g/mol. The van der Waals surface area contributed by atoms with E-state index in [4.69, 9.17) is 9.47 Å². The van der Waals surface area contributed by atoms with Crippen molar-refractivity contribution in [3.05, 3.63) is 0 Å². The molecule has 0 amide bonds. The van der Waals surface area contributed by atoms with E-state index in [1.165, 1.54) is 0 Å². The lowest BCUT2D eigenvalue weighted by Gasteiger charge is -2.34. The molecule has 0 aromatic rings. The van der Waals surface area contributed by atoms with E-state index >= 15 is 0 Å². The van der Waals surface area contributed by atoms with Crippen molar-refractivity contribution in [3.63, 3.8) is 0 Å². The highest BCUT2D eigenvalue weighted by atomic mass is 16.5. The molecule has 1 aliphatic rings. The molecule has 4 heteroatoms. The summed E-state index contributed by atoms with van der Waals surface area (Å²) in [4.78, 5) is 24.0. The van der Waals surface area contributed by atoms with E-state index in [0.29, 0.717) is 13.2 Å². The second-order valence-corrected chi connectivity index (χ2v) is 5.24. The van der Waals surface area contributed by atoms with Crippen LogP contribution in [0.2, 0.25) is 0 Å². The largest absolute Gasteiger partial charge is 0.466 e. The van der Waals surface area contributed by atoms with Crippen LogP contribution in [0, 0.1) is 11.3 Å². The minimum atomic E-state index is -0.348. The lowest BCUT2D eigenvalue weighted by atomic mass is 9.70. The number of esters is 2. The fourth-order valence-corrected chi connectivity index (χ4v) is 3.21. The molecular formula is C15H26O4. The van der Waals surface area contributed by atoms with Gasteiger partial charge in [-0.2, -0.15) is 0 Å². The molecule has 0 N–H and O–H groups in total. The molecule has 1 saturated carbocycles. The number of carbonyl (C=O) groups excluding carboxylic acids is 2. The van der Waals surface area contributed by atoms with E-state index in [2.05, 4.69) is 6.92 Å². The molecule has 0 aliphatic heterocycles. The number of hydrogen-bond donors (Lipinski definition) is 0. The van der Waals surface area contributed by atoms with Gasteiger partial charge in [-0.05, 0) is 38.5 Å². The quantitative estimate of drug-likeness (QED) is 0.667. The van der Waals surface area contributed by atoms with E-state index in [1.807, 2.05) is 0 Å². The smallest absolute Gasteiger partial charge is 0.310 e. The predicted molar refractivity (Wildman–Crippen MR) is 72.6 cm³/mol. The summed E-state index contributed by atoms with van der Waals surface area (Å²) < 4.78 is 10.2. The Morgan fingerprint density at radius 1 is 1.05 bits per heavy atom. The lowest BCUT2D eigenvalue weighted by Crippen LogP contribution is -2.36. The van der Waals surface area contributed by atoms with E-state index in [1.54, 1.807) is 13.8 Å². The fraction of sp³-hybridized carbons (Fsp3) is 0.867. The minimum absolute atomic E-state index is 0.0704. The van der Waals surface area contributed by atoms with Crippen LogP contribution in [0.3, 0.4) is 0 Å². The summed E-state index contributed by atoms with van der Waals surface area (Å²) in [5.41, 5.74) is -0.0704. The Balaban J connectivity index is 2.84. The maximum absolute atomic E-state index is 12.2. The Labute approximate surface area is 115 Å². The van der Waals surface area contributed by atoms with Crippen molar-refractivity contribution in [3.8, 4) is 0 Å². The molecule has 110 valence electrons. The molecule has 1 rings (SSSR count). The summed E-state index contributed by atoms with van der Waals surface area (Å²) >= 11 is 0. The zero-order valence-electron chi connectivity index (χ0n) is 12.4. The first-order valence-corrected chi connectivity index (χ1v) is 7.41. The van der Waals surface area contributed by atoms with Gasteiger partial charge in [-0.25, -0.2) is 0 Å². The molecule has 0 aromatic heterocycles.